The number of allylic oxidation sites excluding steroid dienone is 1. The van der Waals surface area contributed by atoms with Crippen molar-refractivity contribution >= 4 is 17.5 Å². The van der Waals surface area contributed by atoms with Crippen LogP contribution < -0.4 is 10.1 Å². The fraction of sp³-hybridized carbons (Fsp3) is 0.250. The van der Waals surface area contributed by atoms with Gasteiger partial charge in [0.15, 0.2) is 5.78 Å². The van der Waals surface area contributed by atoms with Crippen LogP contribution in [0.3, 0.4) is 0 Å². The molecule has 0 bridgehead atoms. The van der Waals surface area contributed by atoms with Crippen LogP contribution in [0, 0.1) is 6.92 Å². The van der Waals surface area contributed by atoms with Gasteiger partial charge in [-0.1, -0.05) is 6.92 Å². The van der Waals surface area contributed by atoms with Crippen molar-refractivity contribution in [2.45, 2.75) is 20.3 Å². The molecule has 0 saturated heterocycles. The van der Waals surface area contributed by atoms with Crippen molar-refractivity contribution in [2.24, 2.45) is 0 Å². The molecule has 24 heavy (non-hydrogen) atoms. The van der Waals surface area contributed by atoms with Crippen LogP contribution in [-0.2, 0) is 0 Å². The molecule has 2 rings (SSSR count). The maximum Gasteiger partial charge on any atom is 0.185 e. The van der Waals surface area contributed by atoms with E-state index in [1.54, 1.807) is 24.3 Å². The van der Waals surface area contributed by atoms with Gasteiger partial charge in [-0.05, 0) is 61.4 Å². The van der Waals surface area contributed by atoms with Gasteiger partial charge in [-0.15, -0.1) is 0 Å². The Balaban J connectivity index is 2.22. The van der Waals surface area contributed by atoms with E-state index in [4.69, 9.17) is 4.74 Å². The van der Waals surface area contributed by atoms with Gasteiger partial charge >= 0.3 is 0 Å². The molecule has 0 aromatic heterocycles. The summed E-state index contributed by atoms with van der Waals surface area (Å²) in [5.41, 5.74) is 3.10. The van der Waals surface area contributed by atoms with Crippen molar-refractivity contribution < 1.29 is 14.6 Å². The van der Waals surface area contributed by atoms with Crippen LogP contribution in [-0.4, -0.2) is 24.5 Å². The Bertz CT molecular complexity index is 733. The highest BCUT2D eigenvalue weighted by atomic mass is 16.5. The van der Waals surface area contributed by atoms with Gasteiger partial charge in [0.05, 0.1) is 6.61 Å². The van der Waals surface area contributed by atoms with Crippen molar-refractivity contribution in [3.8, 4) is 11.5 Å². The molecule has 4 heteroatoms. The molecule has 0 atom stereocenters. The zero-order valence-electron chi connectivity index (χ0n) is 14.3. The number of phenolic OH excluding ortho intramolecular Hbond substituents is 1. The van der Waals surface area contributed by atoms with E-state index in [2.05, 4.69) is 5.32 Å². The summed E-state index contributed by atoms with van der Waals surface area (Å²) in [6, 6.07) is 10.7. The quantitative estimate of drug-likeness (QED) is 0.584. The van der Waals surface area contributed by atoms with Crippen molar-refractivity contribution in [3.05, 3.63) is 59.2 Å². The molecule has 0 fully saturated rings. The Morgan fingerprint density at radius 3 is 2.58 bits per heavy atom. The highest BCUT2D eigenvalue weighted by Crippen LogP contribution is 2.29. The van der Waals surface area contributed by atoms with Gasteiger partial charge in [0, 0.05) is 29.9 Å². The van der Waals surface area contributed by atoms with Crippen molar-refractivity contribution in [1.29, 1.82) is 0 Å². The van der Waals surface area contributed by atoms with Gasteiger partial charge in [-0.25, -0.2) is 0 Å². The van der Waals surface area contributed by atoms with Crippen LogP contribution in [0.4, 0.5) is 5.69 Å². The monoisotopic (exact) mass is 325 g/mol. The Morgan fingerprint density at radius 2 is 1.96 bits per heavy atom. The second-order valence-corrected chi connectivity index (χ2v) is 5.55. The largest absolute Gasteiger partial charge is 0.508 e. The number of anilines is 1. The molecule has 2 N–H and O–H groups in total. The molecule has 0 aliphatic rings. The summed E-state index contributed by atoms with van der Waals surface area (Å²) in [7, 11) is 1.84. The molecule has 0 heterocycles. The lowest BCUT2D eigenvalue weighted by Crippen LogP contribution is -1.98. The van der Waals surface area contributed by atoms with E-state index in [9.17, 15) is 9.90 Å². The number of ether oxygens (including phenoxy) is 1. The molecular weight excluding hydrogens is 302 g/mol. The third-order valence-electron chi connectivity index (χ3n) is 3.66. The van der Waals surface area contributed by atoms with Gasteiger partial charge in [0.1, 0.15) is 11.5 Å². The fourth-order valence-electron chi connectivity index (χ4n) is 2.23. The van der Waals surface area contributed by atoms with E-state index in [-0.39, 0.29) is 11.5 Å². The van der Waals surface area contributed by atoms with E-state index in [1.165, 1.54) is 6.08 Å². The Hall–Kier alpha value is -2.75. The van der Waals surface area contributed by atoms with Crippen molar-refractivity contribution in [1.82, 2.24) is 0 Å². The van der Waals surface area contributed by atoms with Gasteiger partial charge in [0.25, 0.3) is 0 Å². The average molecular weight is 325 g/mol. The summed E-state index contributed by atoms with van der Waals surface area (Å²) in [4.78, 5) is 12.3. The number of carbonyl (C=O) groups is 1. The van der Waals surface area contributed by atoms with Crippen LogP contribution >= 0.6 is 0 Å². The maximum absolute atomic E-state index is 12.3. The second-order valence-electron chi connectivity index (χ2n) is 5.55. The van der Waals surface area contributed by atoms with E-state index < -0.39 is 0 Å². The predicted octanol–water partition coefficient (Wildman–Crippen LogP) is 4.43. The normalized spacial score (nSPS) is 10.8. The molecule has 0 aliphatic carbocycles. The number of carbonyl (C=O) groups excluding carboxylic acids is 1. The molecule has 0 radical (unpaired) electrons. The summed E-state index contributed by atoms with van der Waals surface area (Å²) in [5, 5.41) is 12.9. The van der Waals surface area contributed by atoms with Gasteiger partial charge in [0.2, 0.25) is 0 Å². The first kappa shape index (κ1) is 17.6. The lowest BCUT2D eigenvalue weighted by Gasteiger charge is -2.10. The zero-order valence-corrected chi connectivity index (χ0v) is 14.3. The van der Waals surface area contributed by atoms with E-state index in [0.717, 1.165) is 23.2 Å². The van der Waals surface area contributed by atoms with Crippen molar-refractivity contribution in [2.75, 3.05) is 19.0 Å². The number of rotatable bonds is 7. The number of phenols is 1. The summed E-state index contributed by atoms with van der Waals surface area (Å²) in [6.07, 6.45) is 4.12. The Morgan fingerprint density at radius 1 is 1.25 bits per heavy atom. The minimum atomic E-state index is -0.0789. The van der Waals surface area contributed by atoms with E-state index in [0.29, 0.717) is 17.9 Å². The fourth-order valence-corrected chi connectivity index (χ4v) is 2.23. The zero-order chi connectivity index (χ0) is 17.5. The summed E-state index contributed by atoms with van der Waals surface area (Å²) in [6.45, 7) is 4.39. The van der Waals surface area contributed by atoms with Crippen LogP contribution in [0.1, 0.15) is 34.8 Å². The first-order valence-corrected chi connectivity index (χ1v) is 8.01. The molecule has 0 aliphatic heterocycles. The molecule has 0 amide bonds. The van der Waals surface area contributed by atoms with Crippen LogP contribution in [0.25, 0.3) is 6.08 Å². The van der Waals surface area contributed by atoms with Gasteiger partial charge in [-0.3, -0.25) is 4.79 Å². The average Bonchev–Trinajstić information content (AvgIpc) is 2.60. The van der Waals surface area contributed by atoms with Crippen LogP contribution in [0.5, 0.6) is 11.5 Å². The molecule has 126 valence electrons. The number of benzene rings is 2. The lowest BCUT2D eigenvalue weighted by molar-refractivity contribution is 0.104. The first-order valence-electron chi connectivity index (χ1n) is 8.01. The SMILES string of the molecule is CCCOc1cc(O)c(C)cc1/C=C/C(=O)c1ccc(NC)cc1. The number of aromatic hydroxyl groups is 1. The van der Waals surface area contributed by atoms with Crippen LogP contribution in [0.15, 0.2) is 42.5 Å². The standard InChI is InChI=1S/C20H23NO3/c1-4-11-24-20-13-19(23)14(2)12-16(20)7-10-18(22)15-5-8-17(21-3)9-6-15/h5-10,12-13,21,23H,4,11H2,1-3H3/b10-7+. The minimum Gasteiger partial charge on any atom is -0.508 e. The molecule has 2 aromatic carbocycles. The molecule has 4 nitrogen and oxygen atoms in total. The number of aryl methyl sites for hydroxylation is 1. The Kier molecular flexibility index (Phi) is 6.01. The van der Waals surface area contributed by atoms with Crippen LogP contribution in [0.2, 0.25) is 0 Å². The maximum atomic E-state index is 12.3. The highest BCUT2D eigenvalue weighted by molar-refractivity contribution is 6.07. The predicted molar refractivity (Wildman–Crippen MR) is 98.0 cm³/mol. The number of ketones is 1. The van der Waals surface area contributed by atoms with Gasteiger partial charge in [-0.2, -0.15) is 0 Å². The molecular formula is C20H23NO3. The first-order chi connectivity index (χ1) is 11.5. The summed E-state index contributed by atoms with van der Waals surface area (Å²) in [5.74, 6) is 0.687. The summed E-state index contributed by atoms with van der Waals surface area (Å²) < 4.78 is 5.66. The highest BCUT2D eigenvalue weighted by Gasteiger charge is 2.07. The second kappa shape index (κ2) is 8.20. The number of nitrogens with one attached hydrogen (secondary N) is 1. The topological polar surface area (TPSA) is 58.6 Å². The number of hydrogen-bond donors (Lipinski definition) is 2. The van der Waals surface area contributed by atoms with Gasteiger partial charge < -0.3 is 15.2 Å². The molecule has 0 saturated carbocycles. The minimum absolute atomic E-state index is 0.0789. The third kappa shape index (κ3) is 4.38. The van der Waals surface area contributed by atoms with E-state index >= 15 is 0 Å². The van der Waals surface area contributed by atoms with E-state index in [1.807, 2.05) is 39.1 Å². The molecule has 0 spiro atoms. The lowest BCUT2D eigenvalue weighted by atomic mass is 10.1. The molecule has 0 unspecified atom stereocenters. The summed E-state index contributed by atoms with van der Waals surface area (Å²) >= 11 is 0. The third-order valence-corrected chi connectivity index (χ3v) is 3.66. The smallest absolute Gasteiger partial charge is 0.185 e. The van der Waals surface area contributed by atoms with Crippen molar-refractivity contribution in [3.63, 3.8) is 0 Å². The number of hydrogen-bond acceptors (Lipinski definition) is 4. The Labute approximate surface area is 142 Å². The molecule has 2 aromatic rings.